The van der Waals surface area contributed by atoms with Crippen molar-refractivity contribution in [1.82, 2.24) is 19.7 Å². The molecule has 2 aromatic heterocycles. The van der Waals surface area contributed by atoms with Gasteiger partial charge in [0.2, 0.25) is 0 Å². The molecule has 0 aliphatic carbocycles. The Bertz CT molecular complexity index is 1100. The maximum atomic E-state index is 6.26. The second-order valence-corrected chi connectivity index (χ2v) is 7.42. The molecular formula is C24H27N5O. The third-order valence-corrected chi connectivity index (χ3v) is 5.21. The molecule has 0 saturated heterocycles. The van der Waals surface area contributed by atoms with Gasteiger partial charge in [0.25, 0.3) is 0 Å². The maximum Gasteiger partial charge on any atom is 0.164 e. The molecule has 0 fully saturated rings. The number of para-hydroxylation sites is 1. The van der Waals surface area contributed by atoms with Crippen LogP contribution < -0.4 is 10.5 Å². The molecule has 0 unspecified atom stereocenters. The van der Waals surface area contributed by atoms with Gasteiger partial charge in [0, 0.05) is 5.56 Å². The van der Waals surface area contributed by atoms with Crippen LogP contribution in [0, 0.1) is 0 Å². The van der Waals surface area contributed by atoms with Gasteiger partial charge in [-0.3, -0.25) is 0 Å². The molecule has 154 valence electrons. The Hall–Kier alpha value is -3.41. The van der Waals surface area contributed by atoms with Gasteiger partial charge in [0.1, 0.15) is 29.3 Å². The summed E-state index contributed by atoms with van der Waals surface area (Å²) in [6.45, 7) is 4.40. The zero-order valence-electron chi connectivity index (χ0n) is 17.5. The van der Waals surface area contributed by atoms with Crippen molar-refractivity contribution in [3.05, 3.63) is 60.9 Å². The highest BCUT2D eigenvalue weighted by molar-refractivity contribution is 5.98. The molecule has 2 N–H and O–H groups in total. The average Bonchev–Trinajstić information content (AvgIpc) is 3.16. The van der Waals surface area contributed by atoms with E-state index in [1.807, 2.05) is 59.3 Å². The smallest absolute Gasteiger partial charge is 0.164 e. The topological polar surface area (TPSA) is 78.9 Å². The Morgan fingerprint density at radius 2 is 1.57 bits per heavy atom. The van der Waals surface area contributed by atoms with Crippen molar-refractivity contribution < 1.29 is 4.74 Å². The number of aromatic nitrogens is 4. The van der Waals surface area contributed by atoms with Gasteiger partial charge in [0.15, 0.2) is 5.65 Å². The van der Waals surface area contributed by atoms with Gasteiger partial charge in [-0.1, -0.05) is 44.9 Å². The molecule has 0 saturated carbocycles. The van der Waals surface area contributed by atoms with Crippen LogP contribution in [0.5, 0.6) is 11.5 Å². The number of hydrogen-bond acceptors (Lipinski definition) is 5. The number of rotatable bonds is 8. The Morgan fingerprint density at radius 1 is 0.900 bits per heavy atom. The SMILES string of the molecule is CCCC(CCC)n1nc(-c2ccc(Oc3ccccc3)cc2)c2c(N)ncnc21. The van der Waals surface area contributed by atoms with Crippen LogP contribution in [0.2, 0.25) is 0 Å². The monoisotopic (exact) mass is 401 g/mol. The molecule has 0 aliphatic heterocycles. The lowest BCUT2D eigenvalue weighted by Gasteiger charge is -2.16. The summed E-state index contributed by atoms with van der Waals surface area (Å²) in [5, 5.41) is 5.78. The number of hydrogen-bond donors (Lipinski definition) is 1. The Labute approximate surface area is 176 Å². The minimum atomic E-state index is 0.297. The summed E-state index contributed by atoms with van der Waals surface area (Å²) < 4.78 is 7.96. The first-order valence-electron chi connectivity index (χ1n) is 10.5. The van der Waals surface area contributed by atoms with Crippen LogP contribution in [0.4, 0.5) is 5.82 Å². The first-order valence-corrected chi connectivity index (χ1v) is 10.5. The molecule has 0 bridgehead atoms. The van der Waals surface area contributed by atoms with Crippen molar-refractivity contribution in [3.8, 4) is 22.8 Å². The van der Waals surface area contributed by atoms with Gasteiger partial charge >= 0.3 is 0 Å². The van der Waals surface area contributed by atoms with Gasteiger partial charge in [0.05, 0.1) is 11.4 Å². The first-order chi connectivity index (χ1) is 14.7. The predicted octanol–water partition coefficient (Wildman–Crippen LogP) is 6.01. The normalized spacial score (nSPS) is 11.3. The van der Waals surface area contributed by atoms with Crippen LogP contribution in [0.1, 0.15) is 45.6 Å². The van der Waals surface area contributed by atoms with E-state index in [2.05, 4.69) is 23.8 Å². The van der Waals surface area contributed by atoms with Crippen LogP contribution in [-0.4, -0.2) is 19.7 Å². The zero-order chi connectivity index (χ0) is 20.9. The van der Waals surface area contributed by atoms with E-state index < -0.39 is 0 Å². The lowest BCUT2D eigenvalue weighted by atomic mass is 10.1. The summed E-state index contributed by atoms with van der Waals surface area (Å²) >= 11 is 0. The van der Waals surface area contributed by atoms with Crippen LogP contribution in [0.15, 0.2) is 60.9 Å². The first kappa shape index (κ1) is 19.9. The van der Waals surface area contributed by atoms with Crippen molar-refractivity contribution >= 4 is 16.9 Å². The summed E-state index contributed by atoms with van der Waals surface area (Å²) in [7, 11) is 0. The number of fused-ring (bicyclic) bond motifs is 1. The number of nitrogen functional groups attached to an aromatic ring is 1. The molecule has 0 amide bonds. The van der Waals surface area contributed by atoms with E-state index in [0.717, 1.165) is 59.5 Å². The summed E-state index contributed by atoms with van der Waals surface area (Å²) in [6.07, 6.45) is 5.81. The number of benzene rings is 2. The molecule has 0 atom stereocenters. The lowest BCUT2D eigenvalue weighted by Crippen LogP contribution is -2.11. The molecule has 2 heterocycles. The molecule has 2 aromatic carbocycles. The predicted molar refractivity (Wildman–Crippen MR) is 121 cm³/mol. The third kappa shape index (κ3) is 3.99. The van der Waals surface area contributed by atoms with Crippen molar-refractivity contribution in [3.63, 3.8) is 0 Å². The molecule has 0 spiro atoms. The van der Waals surface area contributed by atoms with E-state index in [9.17, 15) is 0 Å². The molecule has 6 nitrogen and oxygen atoms in total. The average molecular weight is 402 g/mol. The Kier molecular flexibility index (Phi) is 5.93. The van der Waals surface area contributed by atoms with Crippen molar-refractivity contribution in [2.75, 3.05) is 5.73 Å². The van der Waals surface area contributed by atoms with Crippen LogP contribution in [0.25, 0.3) is 22.3 Å². The van der Waals surface area contributed by atoms with Gasteiger partial charge in [-0.05, 0) is 49.2 Å². The van der Waals surface area contributed by atoms with Gasteiger partial charge in [-0.2, -0.15) is 5.10 Å². The molecule has 4 aromatic rings. The summed E-state index contributed by atoms with van der Waals surface area (Å²) in [4.78, 5) is 8.75. The standard InChI is InChI=1S/C24H27N5O/c1-3-8-18(9-4-2)29-24-21(23(25)26-16-27-24)22(28-29)17-12-14-20(15-13-17)30-19-10-6-5-7-11-19/h5-7,10-16,18H,3-4,8-9H2,1-2H3,(H2,25,26,27). The molecule has 30 heavy (non-hydrogen) atoms. The van der Waals surface area contributed by atoms with E-state index in [4.69, 9.17) is 15.6 Å². The highest BCUT2D eigenvalue weighted by Gasteiger charge is 2.21. The second kappa shape index (κ2) is 8.95. The fourth-order valence-corrected chi connectivity index (χ4v) is 3.81. The van der Waals surface area contributed by atoms with E-state index in [-0.39, 0.29) is 0 Å². The summed E-state index contributed by atoms with van der Waals surface area (Å²) in [5.74, 6) is 2.03. The molecule has 0 aliphatic rings. The lowest BCUT2D eigenvalue weighted by molar-refractivity contribution is 0.401. The van der Waals surface area contributed by atoms with Crippen molar-refractivity contribution in [1.29, 1.82) is 0 Å². The van der Waals surface area contributed by atoms with Crippen LogP contribution in [-0.2, 0) is 0 Å². The summed E-state index contributed by atoms with van der Waals surface area (Å²) in [5.41, 5.74) is 8.84. The number of nitrogens with zero attached hydrogens (tertiary/aromatic N) is 4. The van der Waals surface area contributed by atoms with E-state index >= 15 is 0 Å². The highest BCUT2D eigenvalue weighted by Crippen LogP contribution is 2.34. The number of ether oxygens (including phenoxy) is 1. The highest BCUT2D eigenvalue weighted by atomic mass is 16.5. The van der Waals surface area contributed by atoms with Gasteiger partial charge in [-0.15, -0.1) is 0 Å². The molecular weight excluding hydrogens is 374 g/mol. The van der Waals surface area contributed by atoms with Gasteiger partial charge in [-0.25, -0.2) is 14.6 Å². The molecule has 4 rings (SSSR count). The van der Waals surface area contributed by atoms with Crippen LogP contribution in [0.3, 0.4) is 0 Å². The fraction of sp³-hybridized carbons (Fsp3) is 0.292. The third-order valence-electron chi connectivity index (χ3n) is 5.21. The maximum absolute atomic E-state index is 6.26. The largest absolute Gasteiger partial charge is 0.457 e. The minimum absolute atomic E-state index is 0.297. The van der Waals surface area contributed by atoms with Gasteiger partial charge < -0.3 is 10.5 Å². The Balaban J connectivity index is 1.73. The summed E-state index contributed by atoms with van der Waals surface area (Å²) in [6, 6.07) is 17.9. The quantitative estimate of drug-likeness (QED) is 0.391. The zero-order valence-corrected chi connectivity index (χ0v) is 17.5. The van der Waals surface area contributed by atoms with Crippen molar-refractivity contribution in [2.24, 2.45) is 0 Å². The number of nitrogens with two attached hydrogens (primary N) is 1. The van der Waals surface area contributed by atoms with E-state index in [1.54, 1.807) is 0 Å². The van der Waals surface area contributed by atoms with Crippen LogP contribution >= 0.6 is 0 Å². The minimum Gasteiger partial charge on any atom is -0.457 e. The fourth-order valence-electron chi connectivity index (χ4n) is 3.81. The Morgan fingerprint density at radius 3 is 2.23 bits per heavy atom. The number of anilines is 1. The van der Waals surface area contributed by atoms with E-state index in [0.29, 0.717) is 11.9 Å². The van der Waals surface area contributed by atoms with E-state index in [1.165, 1.54) is 6.33 Å². The van der Waals surface area contributed by atoms with Crippen molar-refractivity contribution in [2.45, 2.75) is 45.6 Å². The molecule has 6 heteroatoms. The molecule has 0 radical (unpaired) electrons. The second-order valence-electron chi connectivity index (χ2n) is 7.42.